The zero-order valence-corrected chi connectivity index (χ0v) is 18.1. The van der Waals surface area contributed by atoms with Gasteiger partial charge in [-0.3, -0.25) is 10.1 Å². The number of anilines is 1. The van der Waals surface area contributed by atoms with Crippen molar-refractivity contribution >= 4 is 28.5 Å². The van der Waals surface area contributed by atoms with Crippen LogP contribution in [0.5, 0.6) is 11.5 Å². The number of carbonyl (C=O) groups excluding carboxylic acids is 1. The second-order valence-electron chi connectivity index (χ2n) is 8.61. The van der Waals surface area contributed by atoms with E-state index in [1.54, 1.807) is 6.08 Å². The Morgan fingerprint density at radius 2 is 2.03 bits per heavy atom. The Kier molecular flexibility index (Phi) is 4.91. The lowest BCUT2D eigenvalue weighted by molar-refractivity contribution is -0.286. The minimum absolute atomic E-state index is 0.0902. The van der Waals surface area contributed by atoms with Crippen LogP contribution in [0.25, 0.3) is 16.6 Å². The van der Waals surface area contributed by atoms with E-state index in [1.807, 2.05) is 13.0 Å². The van der Waals surface area contributed by atoms with Gasteiger partial charge in [0, 0.05) is 29.7 Å². The molecule has 11 heteroatoms. The SMILES string of the molecule is CC(C)Cc1nc(C2=CC(C)CC(C(=O)Nc3nc4cc5c(cc4[nH]3)OC(F)(F)O5)=C2)no1. The fraction of sp³-hybridized carbons (Fsp3) is 0.364. The van der Waals surface area contributed by atoms with E-state index in [-0.39, 0.29) is 29.3 Å². The number of H-pyrrole nitrogens is 1. The fourth-order valence-electron chi connectivity index (χ4n) is 3.81. The Labute approximate surface area is 186 Å². The number of aromatic nitrogens is 4. The molecule has 33 heavy (non-hydrogen) atoms. The molecule has 1 aromatic carbocycles. The van der Waals surface area contributed by atoms with Crippen LogP contribution < -0.4 is 14.8 Å². The Morgan fingerprint density at radius 3 is 2.79 bits per heavy atom. The van der Waals surface area contributed by atoms with Gasteiger partial charge >= 0.3 is 6.29 Å². The second kappa shape index (κ2) is 7.68. The molecule has 1 aliphatic heterocycles. The Bertz CT molecular complexity index is 1260. The molecule has 0 bridgehead atoms. The molecule has 0 saturated carbocycles. The molecule has 1 unspecified atom stereocenters. The summed E-state index contributed by atoms with van der Waals surface area (Å²) in [6.45, 7) is 6.12. The highest BCUT2D eigenvalue weighted by Gasteiger charge is 2.43. The van der Waals surface area contributed by atoms with Crippen LogP contribution in [-0.4, -0.2) is 32.3 Å². The molecule has 0 fully saturated rings. The standard InChI is InChI=1S/C22H21F2N5O4/c1-10(2)4-18-27-19(29-33-18)12-5-11(3)6-13(7-12)20(30)28-21-25-14-8-16-17(9-15(14)26-21)32-22(23,24)31-16/h5,7-11H,4,6H2,1-3H3,(H2,25,26,28,30). The van der Waals surface area contributed by atoms with Crippen LogP contribution in [0.1, 0.15) is 38.9 Å². The lowest BCUT2D eigenvalue weighted by atomic mass is 9.91. The molecule has 5 rings (SSSR count). The summed E-state index contributed by atoms with van der Waals surface area (Å²) in [5.74, 6) is 1.08. The fourth-order valence-corrected chi connectivity index (χ4v) is 3.81. The van der Waals surface area contributed by atoms with Crippen LogP contribution in [0.3, 0.4) is 0 Å². The van der Waals surface area contributed by atoms with E-state index in [1.165, 1.54) is 12.1 Å². The number of carbonyl (C=O) groups is 1. The van der Waals surface area contributed by atoms with Crippen molar-refractivity contribution in [1.29, 1.82) is 0 Å². The van der Waals surface area contributed by atoms with Gasteiger partial charge < -0.3 is 19.0 Å². The first-order valence-corrected chi connectivity index (χ1v) is 10.5. The first kappa shape index (κ1) is 21.1. The summed E-state index contributed by atoms with van der Waals surface area (Å²) in [5, 5.41) is 6.77. The summed E-state index contributed by atoms with van der Waals surface area (Å²) in [6.07, 6.45) is 1.23. The quantitative estimate of drug-likeness (QED) is 0.581. The molecule has 0 saturated heterocycles. The zero-order valence-electron chi connectivity index (χ0n) is 18.1. The Morgan fingerprint density at radius 1 is 1.27 bits per heavy atom. The number of aromatic amines is 1. The van der Waals surface area contributed by atoms with Crippen molar-refractivity contribution in [3.05, 3.63) is 41.6 Å². The molecule has 9 nitrogen and oxygen atoms in total. The highest BCUT2D eigenvalue weighted by molar-refractivity contribution is 6.05. The van der Waals surface area contributed by atoms with E-state index < -0.39 is 6.29 Å². The Hall–Kier alpha value is -3.76. The summed E-state index contributed by atoms with van der Waals surface area (Å²) in [6, 6.07) is 2.67. The molecule has 0 spiro atoms. The number of amides is 1. The third-order valence-corrected chi connectivity index (χ3v) is 5.17. The molecule has 2 N–H and O–H groups in total. The normalized spacial score (nSPS) is 19.0. The summed E-state index contributed by atoms with van der Waals surface area (Å²) in [4.78, 5) is 24.5. The van der Waals surface area contributed by atoms with Gasteiger partial charge in [0.1, 0.15) is 0 Å². The highest BCUT2D eigenvalue weighted by atomic mass is 19.3. The Balaban J connectivity index is 1.34. The van der Waals surface area contributed by atoms with Gasteiger partial charge in [-0.15, -0.1) is 8.78 Å². The number of hydrogen-bond acceptors (Lipinski definition) is 7. The molecule has 172 valence electrons. The monoisotopic (exact) mass is 457 g/mol. The topological polar surface area (TPSA) is 115 Å². The maximum atomic E-state index is 13.2. The number of allylic oxidation sites excluding steroid dienone is 3. The maximum Gasteiger partial charge on any atom is 0.586 e. The van der Waals surface area contributed by atoms with Crippen LogP contribution >= 0.6 is 0 Å². The molecule has 2 aliphatic rings. The van der Waals surface area contributed by atoms with Crippen molar-refractivity contribution in [3.63, 3.8) is 0 Å². The molecular weight excluding hydrogens is 436 g/mol. The van der Waals surface area contributed by atoms with Crippen molar-refractivity contribution in [2.75, 3.05) is 5.32 Å². The van der Waals surface area contributed by atoms with E-state index >= 15 is 0 Å². The average Bonchev–Trinajstić information content (AvgIpc) is 3.40. The number of fused-ring (bicyclic) bond motifs is 2. The number of imidazole rings is 1. The zero-order chi connectivity index (χ0) is 23.3. The van der Waals surface area contributed by atoms with E-state index in [4.69, 9.17) is 4.52 Å². The molecule has 1 amide bonds. The number of hydrogen-bond donors (Lipinski definition) is 2. The van der Waals surface area contributed by atoms with E-state index in [9.17, 15) is 13.6 Å². The number of rotatable bonds is 5. The third-order valence-electron chi connectivity index (χ3n) is 5.17. The molecular formula is C22H21F2N5O4. The van der Waals surface area contributed by atoms with Crippen molar-refractivity contribution in [2.24, 2.45) is 11.8 Å². The van der Waals surface area contributed by atoms with Crippen LogP contribution in [0.2, 0.25) is 0 Å². The number of halogens is 2. The number of alkyl halides is 2. The molecule has 3 heterocycles. The minimum Gasteiger partial charge on any atom is -0.395 e. The molecule has 1 atom stereocenters. The predicted octanol–water partition coefficient (Wildman–Crippen LogP) is 4.45. The van der Waals surface area contributed by atoms with Gasteiger partial charge in [0.05, 0.1) is 11.0 Å². The number of benzene rings is 1. The van der Waals surface area contributed by atoms with Gasteiger partial charge in [-0.2, -0.15) is 4.98 Å². The van der Waals surface area contributed by atoms with Gasteiger partial charge in [-0.25, -0.2) is 4.98 Å². The first-order valence-electron chi connectivity index (χ1n) is 10.5. The van der Waals surface area contributed by atoms with Crippen molar-refractivity contribution < 1.29 is 27.6 Å². The molecule has 1 aliphatic carbocycles. The molecule has 3 aromatic rings. The van der Waals surface area contributed by atoms with Crippen LogP contribution in [0, 0.1) is 11.8 Å². The van der Waals surface area contributed by atoms with E-state index in [2.05, 4.69) is 48.7 Å². The van der Waals surface area contributed by atoms with Crippen LogP contribution in [0.4, 0.5) is 14.7 Å². The number of ether oxygens (including phenoxy) is 2. The third kappa shape index (κ3) is 4.30. The number of nitrogens with zero attached hydrogens (tertiary/aromatic N) is 3. The average molecular weight is 457 g/mol. The van der Waals surface area contributed by atoms with Crippen LogP contribution in [0.15, 0.2) is 34.4 Å². The van der Waals surface area contributed by atoms with Gasteiger partial charge in [-0.05, 0) is 24.3 Å². The maximum absolute atomic E-state index is 13.2. The minimum atomic E-state index is -3.71. The van der Waals surface area contributed by atoms with Crippen molar-refractivity contribution in [1.82, 2.24) is 20.1 Å². The second-order valence-corrected chi connectivity index (χ2v) is 8.61. The lowest BCUT2D eigenvalue weighted by Gasteiger charge is -2.16. The van der Waals surface area contributed by atoms with Gasteiger partial charge in [-0.1, -0.05) is 32.0 Å². The number of nitrogens with one attached hydrogen (secondary N) is 2. The van der Waals surface area contributed by atoms with Crippen molar-refractivity contribution in [2.45, 2.75) is 39.9 Å². The van der Waals surface area contributed by atoms with Crippen LogP contribution in [-0.2, 0) is 11.2 Å². The lowest BCUT2D eigenvalue weighted by Crippen LogP contribution is -2.25. The largest absolute Gasteiger partial charge is 0.586 e. The van der Waals surface area contributed by atoms with Gasteiger partial charge in [0.25, 0.3) is 5.91 Å². The smallest absolute Gasteiger partial charge is 0.395 e. The van der Waals surface area contributed by atoms with E-state index in [0.29, 0.717) is 52.7 Å². The highest BCUT2D eigenvalue weighted by Crippen LogP contribution is 2.43. The van der Waals surface area contributed by atoms with Gasteiger partial charge in [0.15, 0.2) is 11.5 Å². The van der Waals surface area contributed by atoms with Crippen molar-refractivity contribution in [3.8, 4) is 11.5 Å². The molecule has 0 radical (unpaired) electrons. The summed E-state index contributed by atoms with van der Waals surface area (Å²) >= 11 is 0. The molecule has 2 aromatic heterocycles. The summed E-state index contributed by atoms with van der Waals surface area (Å²) in [7, 11) is 0. The van der Waals surface area contributed by atoms with Gasteiger partial charge in [0.2, 0.25) is 17.7 Å². The summed E-state index contributed by atoms with van der Waals surface area (Å²) < 4.78 is 40.7. The van der Waals surface area contributed by atoms with E-state index in [0.717, 1.165) is 0 Å². The first-order chi connectivity index (χ1) is 15.6. The predicted molar refractivity (Wildman–Crippen MR) is 114 cm³/mol. The summed E-state index contributed by atoms with van der Waals surface area (Å²) in [5.41, 5.74) is 2.01.